The molecule has 0 aromatic heterocycles. The van der Waals surface area contributed by atoms with E-state index in [0.717, 1.165) is 0 Å². The Kier molecular flexibility index (Phi) is 4.46. The summed E-state index contributed by atoms with van der Waals surface area (Å²) in [5.74, 6) is -1.46. The first-order chi connectivity index (χ1) is 10.4. The minimum absolute atomic E-state index is 0.106. The van der Waals surface area contributed by atoms with E-state index in [1.807, 2.05) is 0 Å². The molecule has 0 saturated heterocycles. The minimum atomic E-state index is -1.44. The molecule has 0 bridgehead atoms. The summed E-state index contributed by atoms with van der Waals surface area (Å²) < 4.78 is 0. The van der Waals surface area contributed by atoms with E-state index in [1.54, 1.807) is 42.5 Å². The van der Waals surface area contributed by atoms with Gasteiger partial charge < -0.3 is 15.5 Å². The first-order valence-electron chi connectivity index (χ1n) is 6.79. The molecule has 0 aliphatic heterocycles. The number of hydrogen-bond donors (Lipinski definition) is 3. The molecule has 1 atom stereocenters. The van der Waals surface area contributed by atoms with Crippen LogP contribution in [0.5, 0.6) is 5.75 Å². The van der Waals surface area contributed by atoms with Gasteiger partial charge in [-0.3, -0.25) is 4.79 Å². The lowest BCUT2D eigenvalue weighted by atomic mass is 9.92. The van der Waals surface area contributed by atoms with E-state index in [4.69, 9.17) is 0 Å². The predicted octanol–water partition coefficient (Wildman–Crippen LogP) is 2.21. The Labute approximate surface area is 128 Å². The Morgan fingerprint density at radius 3 is 2.18 bits per heavy atom. The summed E-state index contributed by atoms with van der Waals surface area (Å²) in [4.78, 5) is 23.8. The number of carbonyl (C=O) groups is 2. The number of aromatic hydroxyl groups is 1. The van der Waals surface area contributed by atoms with E-state index in [0.29, 0.717) is 11.1 Å². The molecule has 0 heterocycles. The van der Waals surface area contributed by atoms with Gasteiger partial charge in [0, 0.05) is 12.0 Å². The smallest absolute Gasteiger partial charge is 0.329 e. The van der Waals surface area contributed by atoms with Crippen LogP contribution in [0.1, 0.15) is 22.8 Å². The molecule has 0 aliphatic carbocycles. The fourth-order valence-corrected chi connectivity index (χ4v) is 2.11. The van der Waals surface area contributed by atoms with Crippen molar-refractivity contribution in [1.29, 1.82) is 0 Å². The number of rotatable bonds is 5. The van der Waals surface area contributed by atoms with E-state index < -0.39 is 17.4 Å². The van der Waals surface area contributed by atoms with E-state index in [-0.39, 0.29) is 12.2 Å². The summed E-state index contributed by atoms with van der Waals surface area (Å²) in [7, 11) is 0. The Morgan fingerprint density at radius 1 is 1.05 bits per heavy atom. The third-order valence-corrected chi connectivity index (χ3v) is 3.39. The van der Waals surface area contributed by atoms with E-state index in [2.05, 4.69) is 5.32 Å². The lowest BCUT2D eigenvalue weighted by Crippen LogP contribution is -2.53. The Morgan fingerprint density at radius 2 is 1.64 bits per heavy atom. The molecule has 2 aromatic carbocycles. The van der Waals surface area contributed by atoms with Crippen LogP contribution >= 0.6 is 0 Å². The van der Waals surface area contributed by atoms with Crippen LogP contribution in [0, 0.1) is 0 Å². The van der Waals surface area contributed by atoms with Crippen molar-refractivity contribution in [2.75, 3.05) is 0 Å². The molecule has 0 unspecified atom stereocenters. The van der Waals surface area contributed by atoms with Crippen LogP contribution in [0.25, 0.3) is 0 Å². The maximum absolute atomic E-state index is 12.2. The molecule has 22 heavy (non-hydrogen) atoms. The number of phenolic OH excluding ortho intramolecular Hbond substituents is 1. The molecule has 3 N–H and O–H groups in total. The topological polar surface area (TPSA) is 86.6 Å². The van der Waals surface area contributed by atoms with Crippen molar-refractivity contribution in [3.8, 4) is 5.75 Å². The highest BCUT2D eigenvalue weighted by Crippen LogP contribution is 2.17. The van der Waals surface area contributed by atoms with E-state index in [9.17, 15) is 19.8 Å². The monoisotopic (exact) mass is 299 g/mol. The molecule has 2 rings (SSSR count). The summed E-state index contributed by atoms with van der Waals surface area (Å²) in [6.07, 6.45) is 0.112. The second-order valence-electron chi connectivity index (χ2n) is 5.30. The van der Waals surface area contributed by atoms with Crippen molar-refractivity contribution >= 4 is 11.9 Å². The second-order valence-corrected chi connectivity index (χ2v) is 5.30. The van der Waals surface area contributed by atoms with Gasteiger partial charge in [0.1, 0.15) is 11.3 Å². The molecule has 0 aliphatic rings. The molecule has 5 heteroatoms. The zero-order valence-electron chi connectivity index (χ0n) is 12.1. The van der Waals surface area contributed by atoms with E-state index >= 15 is 0 Å². The van der Waals surface area contributed by atoms with Gasteiger partial charge in [-0.1, -0.05) is 30.3 Å². The average Bonchev–Trinajstić information content (AvgIpc) is 2.50. The summed E-state index contributed by atoms with van der Waals surface area (Å²) in [6.45, 7) is 1.46. The molecule has 2 aromatic rings. The normalized spacial score (nSPS) is 13.1. The highest BCUT2D eigenvalue weighted by atomic mass is 16.4. The van der Waals surface area contributed by atoms with Crippen LogP contribution in [-0.4, -0.2) is 27.6 Å². The van der Waals surface area contributed by atoms with Crippen molar-refractivity contribution in [2.24, 2.45) is 0 Å². The number of hydrogen-bond acceptors (Lipinski definition) is 3. The molecule has 114 valence electrons. The summed E-state index contributed by atoms with van der Waals surface area (Å²) in [5, 5.41) is 21.3. The van der Waals surface area contributed by atoms with Gasteiger partial charge in [0.2, 0.25) is 0 Å². The standard InChI is InChI=1S/C17H17NO4/c1-17(16(21)22,11-12-7-9-14(19)10-8-12)18-15(20)13-5-3-2-4-6-13/h2-10,19H,11H2,1H3,(H,18,20)(H,21,22)/t17-/m0/s1. The maximum atomic E-state index is 12.2. The lowest BCUT2D eigenvalue weighted by molar-refractivity contribution is -0.143. The van der Waals surface area contributed by atoms with Crippen LogP contribution < -0.4 is 5.32 Å². The number of carboxylic acids is 1. The van der Waals surface area contributed by atoms with Crippen LogP contribution in [0.15, 0.2) is 54.6 Å². The summed E-state index contributed by atoms with van der Waals surface area (Å²) in [5.41, 5.74) is -0.332. The molecule has 1 amide bonds. The van der Waals surface area contributed by atoms with Gasteiger partial charge in [0.15, 0.2) is 0 Å². The number of nitrogens with one attached hydrogen (secondary N) is 1. The van der Waals surface area contributed by atoms with Crippen LogP contribution in [0.4, 0.5) is 0 Å². The molecule has 0 saturated carbocycles. The number of amides is 1. The number of benzene rings is 2. The summed E-state index contributed by atoms with van der Waals surface area (Å²) in [6, 6.07) is 14.7. The van der Waals surface area contributed by atoms with E-state index in [1.165, 1.54) is 19.1 Å². The third-order valence-electron chi connectivity index (χ3n) is 3.39. The molecule has 0 radical (unpaired) electrons. The van der Waals surface area contributed by atoms with Crippen LogP contribution in [0.2, 0.25) is 0 Å². The average molecular weight is 299 g/mol. The van der Waals surface area contributed by atoms with Gasteiger partial charge >= 0.3 is 5.97 Å². The first-order valence-corrected chi connectivity index (χ1v) is 6.79. The maximum Gasteiger partial charge on any atom is 0.329 e. The van der Waals surface area contributed by atoms with Crippen molar-refractivity contribution < 1.29 is 19.8 Å². The van der Waals surface area contributed by atoms with Gasteiger partial charge in [0.05, 0.1) is 0 Å². The van der Waals surface area contributed by atoms with Gasteiger partial charge in [-0.25, -0.2) is 4.79 Å². The highest BCUT2D eigenvalue weighted by molar-refractivity contribution is 5.97. The van der Waals surface area contributed by atoms with Crippen molar-refractivity contribution in [3.63, 3.8) is 0 Å². The fourth-order valence-electron chi connectivity index (χ4n) is 2.11. The molecule has 0 spiro atoms. The van der Waals surface area contributed by atoms with Crippen LogP contribution in [0.3, 0.4) is 0 Å². The van der Waals surface area contributed by atoms with Crippen molar-refractivity contribution in [1.82, 2.24) is 5.32 Å². The predicted molar refractivity (Wildman–Crippen MR) is 81.8 cm³/mol. The highest BCUT2D eigenvalue weighted by Gasteiger charge is 2.35. The van der Waals surface area contributed by atoms with Gasteiger partial charge in [0.25, 0.3) is 5.91 Å². The zero-order valence-corrected chi connectivity index (χ0v) is 12.1. The molecule has 5 nitrogen and oxygen atoms in total. The fraction of sp³-hybridized carbons (Fsp3) is 0.176. The molecule has 0 fully saturated rings. The Hall–Kier alpha value is -2.82. The van der Waals surface area contributed by atoms with Crippen molar-refractivity contribution in [3.05, 3.63) is 65.7 Å². The Balaban J connectivity index is 2.19. The minimum Gasteiger partial charge on any atom is -0.508 e. The number of carbonyl (C=O) groups excluding carboxylic acids is 1. The number of carboxylic acid groups (broad SMARTS) is 1. The second kappa shape index (κ2) is 6.30. The quantitative estimate of drug-likeness (QED) is 0.790. The van der Waals surface area contributed by atoms with Gasteiger partial charge in [-0.05, 0) is 36.8 Å². The number of phenols is 1. The third kappa shape index (κ3) is 3.63. The van der Waals surface area contributed by atoms with Crippen LogP contribution in [-0.2, 0) is 11.2 Å². The lowest BCUT2D eigenvalue weighted by Gasteiger charge is -2.26. The van der Waals surface area contributed by atoms with Crippen molar-refractivity contribution in [2.45, 2.75) is 18.9 Å². The molecular formula is C17H17NO4. The van der Waals surface area contributed by atoms with Gasteiger partial charge in [-0.15, -0.1) is 0 Å². The largest absolute Gasteiger partial charge is 0.508 e. The molecular weight excluding hydrogens is 282 g/mol. The summed E-state index contributed by atoms with van der Waals surface area (Å²) >= 11 is 0. The Bertz CT molecular complexity index is 667. The first kappa shape index (κ1) is 15.6. The van der Waals surface area contributed by atoms with Gasteiger partial charge in [-0.2, -0.15) is 0 Å². The zero-order chi connectivity index (χ0) is 16.2. The number of aliphatic carboxylic acids is 1. The SMILES string of the molecule is C[C@@](Cc1ccc(O)cc1)(NC(=O)c1ccccc1)C(=O)O.